The first-order valence-corrected chi connectivity index (χ1v) is 8.59. The van der Waals surface area contributed by atoms with Crippen molar-refractivity contribution in [2.45, 2.75) is 51.2 Å². The van der Waals surface area contributed by atoms with Crippen LogP contribution in [0.1, 0.15) is 50.0 Å². The first-order valence-electron chi connectivity index (χ1n) is 8.59. The SMILES string of the molecule is CCCC(C)N1CC2(CCN(C(=O)c3cnccn3)CC2)OC1=O. The van der Waals surface area contributed by atoms with Gasteiger partial charge in [0.05, 0.1) is 12.7 Å². The van der Waals surface area contributed by atoms with E-state index in [1.54, 1.807) is 11.1 Å². The van der Waals surface area contributed by atoms with Crippen molar-refractivity contribution in [1.82, 2.24) is 19.8 Å². The van der Waals surface area contributed by atoms with Crippen LogP contribution in [0.25, 0.3) is 0 Å². The van der Waals surface area contributed by atoms with E-state index in [9.17, 15) is 9.59 Å². The molecule has 7 heteroatoms. The van der Waals surface area contributed by atoms with Gasteiger partial charge in [0.25, 0.3) is 5.91 Å². The first-order chi connectivity index (χ1) is 11.5. The van der Waals surface area contributed by atoms with E-state index in [1.807, 2.05) is 4.90 Å². The Balaban J connectivity index is 1.61. The van der Waals surface area contributed by atoms with Gasteiger partial charge in [-0.3, -0.25) is 9.78 Å². The molecule has 1 aromatic heterocycles. The minimum atomic E-state index is -0.446. The maximum Gasteiger partial charge on any atom is 0.410 e. The molecule has 0 radical (unpaired) electrons. The van der Waals surface area contributed by atoms with E-state index in [4.69, 9.17) is 4.74 Å². The van der Waals surface area contributed by atoms with Crippen LogP contribution in [0.15, 0.2) is 18.6 Å². The molecule has 24 heavy (non-hydrogen) atoms. The fraction of sp³-hybridized carbons (Fsp3) is 0.647. The fourth-order valence-corrected chi connectivity index (χ4v) is 3.51. The van der Waals surface area contributed by atoms with Gasteiger partial charge in [-0.05, 0) is 13.3 Å². The maximum absolute atomic E-state index is 12.4. The number of amides is 2. The van der Waals surface area contributed by atoms with Crippen LogP contribution in [0.2, 0.25) is 0 Å². The monoisotopic (exact) mass is 332 g/mol. The lowest BCUT2D eigenvalue weighted by Gasteiger charge is -2.37. The van der Waals surface area contributed by atoms with Crippen molar-refractivity contribution in [3.05, 3.63) is 24.3 Å². The number of aromatic nitrogens is 2. The van der Waals surface area contributed by atoms with Gasteiger partial charge >= 0.3 is 6.09 Å². The van der Waals surface area contributed by atoms with Crippen LogP contribution in [-0.2, 0) is 4.74 Å². The lowest BCUT2D eigenvalue weighted by atomic mass is 9.90. The average molecular weight is 332 g/mol. The highest BCUT2D eigenvalue weighted by Crippen LogP contribution is 2.35. The van der Waals surface area contributed by atoms with Crippen molar-refractivity contribution in [1.29, 1.82) is 0 Å². The molecular weight excluding hydrogens is 308 g/mol. The summed E-state index contributed by atoms with van der Waals surface area (Å²) in [5.74, 6) is -0.113. The summed E-state index contributed by atoms with van der Waals surface area (Å²) in [4.78, 5) is 36.2. The number of hydrogen-bond acceptors (Lipinski definition) is 5. The fourth-order valence-electron chi connectivity index (χ4n) is 3.51. The summed E-state index contributed by atoms with van der Waals surface area (Å²) < 4.78 is 5.72. The minimum absolute atomic E-state index is 0.113. The summed E-state index contributed by atoms with van der Waals surface area (Å²) in [6.45, 7) is 5.94. The van der Waals surface area contributed by atoms with Gasteiger partial charge in [0.15, 0.2) is 0 Å². The normalized spacial score (nSPS) is 21.0. The summed E-state index contributed by atoms with van der Waals surface area (Å²) in [6, 6.07) is 0.195. The predicted octanol–water partition coefficient (Wildman–Crippen LogP) is 2.09. The van der Waals surface area contributed by atoms with Crippen molar-refractivity contribution in [2.24, 2.45) is 0 Å². The Labute approximate surface area is 142 Å². The number of likely N-dealkylation sites (tertiary alicyclic amines) is 1. The number of nitrogens with zero attached hydrogens (tertiary/aromatic N) is 4. The number of hydrogen-bond donors (Lipinski definition) is 0. The lowest BCUT2D eigenvalue weighted by Crippen LogP contribution is -2.49. The summed E-state index contributed by atoms with van der Waals surface area (Å²) in [6.07, 6.45) is 7.68. The molecule has 3 heterocycles. The van der Waals surface area contributed by atoms with Gasteiger partial charge < -0.3 is 14.5 Å². The van der Waals surface area contributed by atoms with E-state index in [-0.39, 0.29) is 18.0 Å². The van der Waals surface area contributed by atoms with E-state index in [2.05, 4.69) is 23.8 Å². The molecule has 1 aromatic rings. The maximum atomic E-state index is 12.4. The van der Waals surface area contributed by atoms with Gasteiger partial charge in [0.2, 0.25) is 0 Å². The van der Waals surface area contributed by atoms with E-state index >= 15 is 0 Å². The molecule has 3 rings (SSSR count). The smallest absolute Gasteiger partial charge is 0.410 e. The van der Waals surface area contributed by atoms with Crippen LogP contribution in [-0.4, -0.2) is 63.0 Å². The van der Waals surface area contributed by atoms with E-state index in [1.165, 1.54) is 12.4 Å². The molecule has 2 fully saturated rings. The van der Waals surface area contributed by atoms with Crippen LogP contribution in [0.3, 0.4) is 0 Å². The first kappa shape index (κ1) is 16.7. The number of carbonyl (C=O) groups excluding carboxylic acids is 2. The van der Waals surface area contributed by atoms with Gasteiger partial charge in [-0.2, -0.15) is 0 Å². The molecule has 0 aliphatic carbocycles. The third-order valence-corrected chi connectivity index (χ3v) is 4.98. The predicted molar refractivity (Wildman–Crippen MR) is 87.5 cm³/mol. The zero-order valence-electron chi connectivity index (χ0n) is 14.3. The topological polar surface area (TPSA) is 75.6 Å². The van der Waals surface area contributed by atoms with Crippen molar-refractivity contribution in [3.8, 4) is 0 Å². The van der Waals surface area contributed by atoms with E-state index in [0.29, 0.717) is 38.2 Å². The minimum Gasteiger partial charge on any atom is -0.441 e. The molecule has 2 saturated heterocycles. The number of rotatable bonds is 4. The Morgan fingerprint density at radius 2 is 2.12 bits per heavy atom. The standard InChI is InChI=1S/C17H24N4O3/c1-3-4-13(2)21-12-17(24-16(21)23)5-9-20(10-6-17)15(22)14-11-18-7-8-19-14/h7-8,11,13H,3-6,9-10,12H2,1-2H3. The third-order valence-electron chi connectivity index (χ3n) is 4.98. The van der Waals surface area contributed by atoms with E-state index in [0.717, 1.165) is 12.8 Å². The molecule has 2 aliphatic heterocycles. The Bertz CT molecular complexity index is 599. The molecule has 0 N–H and O–H groups in total. The van der Waals surface area contributed by atoms with E-state index < -0.39 is 5.60 Å². The summed E-state index contributed by atoms with van der Waals surface area (Å²) in [5.41, 5.74) is -0.0897. The highest BCUT2D eigenvalue weighted by molar-refractivity contribution is 5.92. The van der Waals surface area contributed by atoms with Crippen molar-refractivity contribution >= 4 is 12.0 Å². The van der Waals surface area contributed by atoms with Crippen LogP contribution in [0.5, 0.6) is 0 Å². The molecule has 0 bridgehead atoms. The molecule has 2 aliphatic rings. The van der Waals surface area contributed by atoms with Crippen LogP contribution in [0.4, 0.5) is 4.79 Å². The highest BCUT2D eigenvalue weighted by atomic mass is 16.6. The third kappa shape index (κ3) is 3.20. The summed E-state index contributed by atoms with van der Waals surface area (Å²) >= 11 is 0. The van der Waals surface area contributed by atoms with Gasteiger partial charge in [-0.1, -0.05) is 13.3 Å². The molecule has 1 atom stereocenters. The van der Waals surface area contributed by atoms with Crippen LogP contribution < -0.4 is 0 Å². The van der Waals surface area contributed by atoms with Gasteiger partial charge in [0.1, 0.15) is 11.3 Å². The van der Waals surface area contributed by atoms with Gasteiger partial charge in [-0.15, -0.1) is 0 Å². The van der Waals surface area contributed by atoms with Crippen LogP contribution in [0, 0.1) is 0 Å². The molecule has 130 valence electrons. The number of ether oxygens (including phenoxy) is 1. The second kappa shape index (κ2) is 6.75. The second-order valence-electron chi connectivity index (χ2n) is 6.70. The van der Waals surface area contributed by atoms with Gasteiger partial charge in [0, 0.05) is 44.4 Å². The largest absolute Gasteiger partial charge is 0.441 e. The molecule has 1 spiro atoms. The lowest BCUT2D eigenvalue weighted by molar-refractivity contribution is 0.00288. The number of carbonyl (C=O) groups is 2. The quantitative estimate of drug-likeness (QED) is 0.844. The zero-order valence-corrected chi connectivity index (χ0v) is 14.3. The van der Waals surface area contributed by atoms with Crippen LogP contribution >= 0.6 is 0 Å². The van der Waals surface area contributed by atoms with Gasteiger partial charge in [-0.25, -0.2) is 9.78 Å². The zero-order chi connectivity index (χ0) is 17.2. The van der Waals surface area contributed by atoms with Crippen molar-refractivity contribution in [3.63, 3.8) is 0 Å². The molecule has 2 amide bonds. The molecule has 0 aromatic carbocycles. The molecule has 1 unspecified atom stereocenters. The Morgan fingerprint density at radius 3 is 2.75 bits per heavy atom. The molecular formula is C17H24N4O3. The Hall–Kier alpha value is -2.18. The number of piperidine rings is 1. The Kier molecular flexibility index (Phi) is 4.69. The second-order valence-corrected chi connectivity index (χ2v) is 6.70. The average Bonchev–Trinajstić information content (AvgIpc) is 2.92. The molecule has 0 saturated carbocycles. The highest BCUT2D eigenvalue weighted by Gasteiger charge is 2.48. The summed E-state index contributed by atoms with van der Waals surface area (Å²) in [5, 5.41) is 0. The molecule has 7 nitrogen and oxygen atoms in total. The Morgan fingerprint density at radius 1 is 1.38 bits per heavy atom. The van der Waals surface area contributed by atoms with Crippen molar-refractivity contribution < 1.29 is 14.3 Å². The summed E-state index contributed by atoms with van der Waals surface area (Å²) in [7, 11) is 0. The van der Waals surface area contributed by atoms with Crippen molar-refractivity contribution in [2.75, 3.05) is 19.6 Å².